The minimum atomic E-state index is -0.799. The van der Waals surface area contributed by atoms with E-state index in [4.69, 9.17) is 4.74 Å². The van der Waals surface area contributed by atoms with E-state index in [2.05, 4.69) is 62.5 Å². The summed E-state index contributed by atoms with van der Waals surface area (Å²) >= 11 is 0. The van der Waals surface area contributed by atoms with Crippen LogP contribution in [-0.2, 0) is 14.3 Å². The smallest absolute Gasteiger partial charge is 0.306 e. The van der Waals surface area contributed by atoms with Crippen molar-refractivity contribution in [2.75, 3.05) is 6.61 Å². The SMILES string of the molecule is CCCCCCCCC/C=C/C=C/CCCC(CC(=O)NC(CO)C(O)CCCCCCCCCCCCCC)OC(=O)CCCCCCC/C=C/CCCCCCCCCCC. The fraction of sp³-hybridized carbons (Fsp3) is 0.860. The lowest BCUT2D eigenvalue weighted by atomic mass is 10.0. The molecule has 0 heterocycles. The van der Waals surface area contributed by atoms with E-state index in [0.717, 1.165) is 64.2 Å². The highest BCUT2D eigenvalue weighted by Crippen LogP contribution is 2.17. The van der Waals surface area contributed by atoms with Crippen molar-refractivity contribution in [1.29, 1.82) is 0 Å². The van der Waals surface area contributed by atoms with Gasteiger partial charge >= 0.3 is 5.97 Å². The molecule has 0 aliphatic carbocycles. The highest BCUT2D eigenvalue weighted by atomic mass is 16.5. The van der Waals surface area contributed by atoms with Crippen molar-refractivity contribution < 1.29 is 24.5 Å². The molecular weight excluding hydrogens is 779 g/mol. The van der Waals surface area contributed by atoms with Crippen LogP contribution in [0.25, 0.3) is 0 Å². The largest absolute Gasteiger partial charge is 0.462 e. The van der Waals surface area contributed by atoms with Crippen LogP contribution in [-0.4, -0.2) is 46.9 Å². The number of hydrogen-bond donors (Lipinski definition) is 3. The second kappa shape index (κ2) is 51.1. The molecular formula is C57H107NO5. The van der Waals surface area contributed by atoms with Gasteiger partial charge in [-0.25, -0.2) is 0 Å². The molecule has 0 aromatic carbocycles. The van der Waals surface area contributed by atoms with Crippen LogP contribution in [0.3, 0.4) is 0 Å². The van der Waals surface area contributed by atoms with Crippen molar-refractivity contribution in [3.8, 4) is 0 Å². The van der Waals surface area contributed by atoms with Gasteiger partial charge in [-0.15, -0.1) is 0 Å². The summed E-state index contributed by atoms with van der Waals surface area (Å²) in [7, 11) is 0. The van der Waals surface area contributed by atoms with Gasteiger partial charge in [0.05, 0.1) is 25.2 Å². The van der Waals surface area contributed by atoms with E-state index in [-0.39, 0.29) is 24.9 Å². The lowest BCUT2D eigenvalue weighted by molar-refractivity contribution is -0.151. The van der Waals surface area contributed by atoms with Gasteiger partial charge in [-0.3, -0.25) is 9.59 Å². The third kappa shape index (κ3) is 46.4. The van der Waals surface area contributed by atoms with Crippen LogP contribution in [0, 0.1) is 0 Å². The van der Waals surface area contributed by atoms with Gasteiger partial charge in [0.15, 0.2) is 0 Å². The maximum atomic E-state index is 13.2. The van der Waals surface area contributed by atoms with Gasteiger partial charge in [0.25, 0.3) is 0 Å². The summed E-state index contributed by atoms with van der Waals surface area (Å²) in [6, 6.07) is -0.715. The van der Waals surface area contributed by atoms with Crippen molar-refractivity contribution in [3.05, 3.63) is 36.5 Å². The maximum Gasteiger partial charge on any atom is 0.306 e. The molecule has 0 bridgehead atoms. The maximum absolute atomic E-state index is 13.2. The van der Waals surface area contributed by atoms with Crippen LogP contribution in [0.5, 0.6) is 0 Å². The highest BCUT2D eigenvalue weighted by Gasteiger charge is 2.24. The number of esters is 1. The van der Waals surface area contributed by atoms with Crippen LogP contribution in [0.1, 0.15) is 290 Å². The van der Waals surface area contributed by atoms with E-state index in [9.17, 15) is 19.8 Å². The van der Waals surface area contributed by atoms with Crippen molar-refractivity contribution in [2.45, 2.75) is 309 Å². The molecule has 1 amide bonds. The van der Waals surface area contributed by atoms with E-state index in [1.54, 1.807) is 0 Å². The minimum Gasteiger partial charge on any atom is -0.462 e. The van der Waals surface area contributed by atoms with E-state index in [0.29, 0.717) is 19.3 Å². The van der Waals surface area contributed by atoms with E-state index in [1.165, 1.54) is 180 Å². The van der Waals surface area contributed by atoms with Crippen LogP contribution < -0.4 is 5.32 Å². The molecule has 0 fully saturated rings. The summed E-state index contributed by atoms with van der Waals surface area (Å²) in [5.41, 5.74) is 0. The van der Waals surface area contributed by atoms with Gasteiger partial charge in [-0.2, -0.15) is 0 Å². The Hall–Kier alpha value is -1.92. The molecule has 3 N–H and O–H groups in total. The molecule has 0 rings (SSSR count). The second-order valence-corrected chi connectivity index (χ2v) is 19.0. The third-order valence-corrected chi connectivity index (χ3v) is 12.7. The van der Waals surface area contributed by atoms with Gasteiger partial charge in [-0.05, 0) is 70.6 Å². The first-order valence-electron chi connectivity index (χ1n) is 27.7. The Labute approximate surface area is 392 Å². The van der Waals surface area contributed by atoms with E-state index >= 15 is 0 Å². The van der Waals surface area contributed by atoms with Gasteiger partial charge in [0.1, 0.15) is 6.10 Å². The fourth-order valence-electron chi connectivity index (χ4n) is 8.48. The van der Waals surface area contributed by atoms with Crippen molar-refractivity contribution in [2.24, 2.45) is 0 Å². The molecule has 0 aliphatic rings. The normalized spacial score (nSPS) is 13.4. The highest BCUT2D eigenvalue weighted by molar-refractivity contribution is 5.77. The molecule has 3 unspecified atom stereocenters. The quantitative estimate of drug-likeness (QED) is 0.0245. The standard InChI is InChI=1S/C57H107NO5/c1-4-7-10-13-16-19-22-25-27-28-29-30-32-35-38-41-44-47-50-57(62)63-53(48-45-42-39-36-33-31-26-23-20-17-14-11-8-5-2)51-56(61)58-54(52-59)55(60)49-46-43-40-37-34-24-21-18-15-12-9-6-3/h29-31,33,36,39,53-55,59-60H,4-28,32,34-35,37-38,40-52H2,1-3H3,(H,58,61)/b30-29+,33-31+,39-36+. The first-order valence-corrected chi connectivity index (χ1v) is 27.7. The van der Waals surface area contributed by atoms with Gasteiger partial charge in [0.2, 0.25) is 5.91 Å². The van der Waals surface area contributed by atoms with Crippen LogP contribution in [0.4, 0.5) is 0 Å². The number of aliphatic hydroxyl groups excluding tert-OH is 2. The zero-order valence-corrected chi connectivity index (χ0v) is 42.2. The van der Waals surface area contributed by atoms with Gasteiger partial charge in [0, 0.05) is 6.42 Å². The molecule has 0 saturated heterocycles. The summed E-state index contributed by atoms with van der Waals surface area (Å²) in [4.78, 5) is 26.2. The van der Waals surface area contributed by atoms with Crippen molar-refractivity contribution in [3.63, 3.8) is 0 Å². The molecule has 0 radical (unpaired) electrons. The average molecular weight is 886 g/mol. The Balaban J connectivity index is 4.60. The monoisotopic (exact) mass is 886 g/mol. The number of ether oxygens (including phenoxy) is 1. The molecule has 0 spiro atoms. The number of unbranched alkanes of at least 4 members (excludes halogenated alkanes) is 33. The predicted molar refractivity (Wildman–Crippen MR) is 273 cm³/mol. The molecule has 0 aromatic rings. The predicted octanol–water partition coefficient (Wildman–Crippen LogP) is 16.8. The topological polar surface area (TPSA) is 95.9 Å². The zero-order chi connectivity index (χ0) is 45.9. The Morgan fingerprint density at radius 2 is 0.825 bits per heavy atom. The van der Waals surface area contributed by atoms with Crippen LogP contribution in [0.15, 0.2) is 36.5 Å². The Bertz CT molecular complexity index is 1040. The molecule has 0 aliphatic heterocycles. The lowest BCUT2D eigenvalue weighted by Crippen LogP contribution is -2.46. The van der Waals surface area contributed by atoms with Crippen molar-refractivity contribution >= 4 is 11.9 Å². The molecule has 0 aromatic heterocycles. The van der Waals surface area contributed by atoms with Gasteiger partial charge < -0.3 is 20.3 Å². The zero-order valence-electron chi connectivity index (χ0n) is 42.2. The Morgan fingerprint density at radius 3 is 1.25 bits per heavy atom. The fourth-order valence-corrected chi connectivity index (χ4v) is 8.48. The molecule has 0 saturated carbocycles. The van der Waals surface area contributed by atoms with E-state index < -0.39 is 18.2 Å². The summed E-state index contributed by atoms with van der Waals surface area (Å²) in [6.07, 6.45) is 60.7. The molecule has 6 nitrogen and oxygen atoms in total. The number of allylic oxidation sites excluding steroid dienone is 6. The van der Waals surface area contributed by atoms with E-state index in [1.807, 2.05) is 0 Å². The first kappa shape index (κ1) is 61.1. The summed E-state index contributed by atoms with van der Waals surface area (Å²) in [5.74, 6) is -0.520. The second-order valence-electron chi connectivity index (χ2n) is 19.0. The molecule has 3 atom stereocenters. The van der Waals surface area contributed by atoms with Gasteiger partial charge in [-0.1, -0.05) is 243 Å². The first-order chi connectivity index (χ1) is 31.0. The summed E-state index contributed by atoms with van der Waals surface area (Å²) < 4.78 is 5.92. The number of carbonyl (C=O) groups excluding carboxylic acids is 2. The number of amides is 1. The molecule has 6 heteroatoms. The number of nitrogens with one attached hydrogen (secondary N) is 1. The number of aliphatic hydroxyl groups is 2. The average Bonchev–Trinajstić information content (AvgIpc) is 3.28. The van der Waals surface area contributed by atoms with Crippen LogP contribution in [0.2, 0.25) is 0 Å². The Morgan fingerprint density at radius 1 is 0.460 bits per heavy atom. The number of hydrogen-bond acceptors (Lipinski definition) is 5. The van der Waals surface area contributed by atoms with Crippen LogP contribution >= 0.6 is 0 Å². The van der Waals surface area contributed by atoms with Crippen molar-refractivity contribution in [1.82, 2.24) is 5.32 Å². The molecule has 370 valence electrons. The third-order valence-electron chi connectivity index (χ3n) is 12.7. The molecule has 63 heavy (non-hydrogen) atoms. The minimum absolute atomic E-state index is 0.0439. The Kier molecular flexibility index (Phi) is 49.5. The lowest BCUT2D eigenvalue weighted by Gasteiger charge is -2.24. The number of rotatable bonds is 50. The summed E-state index contributed by atoms with van der Waals surface area (Å²) in [5, 5.41) is 23.8. The summed E-state index contributed by atoms with van der Waals surface area (Å²) in [6.45, 7) is 6.48. The number of carbonyl (C=O) groups is 2.